The molecule has 1 fully saturated rings. The molecule has 1 aliphatic heterocycles. The van der Waals surface area contributed by atoms with E-state index < -0.39 is 0 Å². The first-order valence-electron chi connectivity index (χ1n) is 8.89. The predicted octanol–water partition coefficient (Wildman–Crippen LogP) is 1.77. The van der Waals surface area contributed by atoms with Crippen LogP contribution >= 0.6 is 0 Å². The highest BCUT2D eigenvalue weighted by molar-refractivity contribution is 5.78. The van der Waals surface area contributed by atoms with E-state index in [2.05, 4.69) is 9.88 Å². The van der Waals surface area contributed by atoms with Crippen LogP contribution in [0.5, 0.6) is 0 Å². The average Bonchev–Trinajstić information content (AvgIpc) is 2.69. The molecule has 27 heavy (non-hydrogen) atoms. The summed E-state index contributed by atoms with van der Waals surface area (Å²) in [7, 11) is 1.80. The Kier molecular flexibility index (Phi) is 5.97. The van der Waals surface area contributed by atoms with Gasteiger partial charge in [-0.3, -0.25) is 19.8 Å². The minimum absolute atomic E-state index is 0.0387. The number of para-hydroxylation sites is 1. The van der Waals surface area contributed by atoms with Crippen molar-refractivity contribution < 1.29 is 9.72 Å². The van der Waals surface area contributed by atoms with E-state index >= 15 is 0 Å². The van der Waals surface area contributed by atoms with Crippen molar-refractivity contribution in [3.63, 3.8) is 0 Å². The molecule has 0 unspecified atom stereocenters. The summed E-state index contributed by atoms with van der Waals surface area (Å²) in [6, 6.07) is 12.4. The molecule has 8 nitrogen and oxygen atoms in total. The summed E-state index contributed by atoms with van der Waals surface area (Å²) in [5.74, 6) is 0.967. The van der Waals surface area contributed by atoms with Crippen molar-refractivity contribution in [3.8, 4) is 0 Å². The second kappa shape index (κ2) is 8.59. The van der Waals surface area contributed by atoms with E-state index in [0.717, 1.165) is 18.9 Å². The fourth-order valence-corrected chi connectivity index (χ4v) is 3.23. The Bertz CT molecular complexity index is 791. The minimum atomic E-state index is -0.387. The Hall–Kier alpha value is -3.00. The molecule has 0 saturated carbocycles. The highest BCUT2D eigenvalue weighted by atomic mass is 16.6. The summed E-state index contributed by atoms with van der Waals surface area (Å²) in [6.07, 6.45) is 1.77. The van der Waals surface area contributed by atoms with E-state index in [1.807, 2.05) is 28.0 Å². The number of carbonyl (C=O) groups is 1. The van der Waals surface area contributed by atoms with Gasteiger partial charge in [0, 0.05) is 50.6 Å². The van der Waals surface area contributed by atoms with E-state index in [4.69, 9.17) is 0 Å². The van der Waals surface area contributed by atoms with Gasteiger partial charge in [-0.2, -0.15) is 0 Å². The summed E-state index contributed by atoms with van der Waals surface area (Å²) >= 11 is 0. The molecule has 2 aromatic rings. The second-order valence-corrected chi connectivity index (χ2v) is 6.61. The van der Waals surface area contributed by atoms with Crippen molar-refractivity contribution in [2.75, 3.05) is 44.7 Å². The zero-order chi connectivity index (χ0) is 19.2. The van der Waals surface area contributed by atoms with Crippen LogP contribution in [0.25, 0.3) is 0 Å². The predicted molar refractivity (Wildman–Crippen MR) is 102 cm³/mol. The van der Waals surface area contributed by atoms with Gasteiger partial charge in [-0.1, -0.05) is 24.3 Å². The fraction of sp³-hybridized carbons (Fsp3) is 0.368. The summed E-state index contributed by atoms with van der Waals surface area (Å²) in [4.78, 5) is 33.5. The monoisotopic (exact) mass is 369 g/mol. The lowest BCUT2D eigenvalue weighted by Gasteiger charge is -2.36. The van der Waals surface area contributed by atoms with Crippen LogP contribution in [0.2, 0.25) is 0 Å². The van der Waals surface area contributed by atoms with Gasteiger partial charge in [0.25, 0.3) is 5.69 Å². The van der Waals surface area contributed by atoms with Crippen molar-refractivity contribution in [3.05, 3.63) is 64.3 Å². The number of nitro groups is 1. The lowest BCUT2D eigenvalue weighted by molar-refractivity contribution is -0.385. The molecule has 0 radical (unpaired) electrons. The topological polar surface area (TPSA) is 82.8 Å². The SMILES string of the molecule is CN(CC(=O)N1CCN(c2ccccn2)CC1)Cc1ccccc1[N+](=O)[O-]. The first-order valence-corrected chi connectivity index (χ1v) is 8.89. The maximum absolute atomic E-state index is 12.6. The molecule has 142 valence electrons. The molecule has 2 heterocycles. The summed E-state index contributed by atoms with van der Waals surface area (Å²) in [5.41, 5.74) is 0.693. The lowest BCUT2D eigenvalue weighted by Crippen LogP contribution is -2.51. The largest absolute Gasteiger partial charge is 0.353 e. The van der Waals surface area contributed by atoms with Gasteiger partial charge in [-0.05, 0) is 19.2 Å². The van der Waals surface area contributed by atoms with Crippen LogP contribution in [0.3, 0.4) is 0 Å². The number of likely N-dealkylation sites (N-methyl/N-ethyl adjacent to an activating group) is 1. The summed E-state index contributed by atoms with van der Waals surface area (Å²) in [5, 5.41) is 11.1. The Morgan fingerprint density at radius 1 is 1.15 bits per heavy atom. The van der Waals surface area contributed by atoms with Gasteiger partial charge in [-0.25, -0.2) is 4.98 Å². The third kappa shape index (κ3) is 4.79. The Morgan fingerprint density at radius 3 is 2.52 bits per heavy atom. The highest BCUT2D eigenvalue weighted by Crippen LogP contribution is 2.19. The number of piperazine rings is 1. The van der Waals surface area contributed by atoms with Crippen LogP contribution < -0.4 is 4.90 Å². The molecule has 1 aliphatic rings. The number of aromatic nitrogens is 1. The molecule has 0 N–H and O–H groups in total. The van der Waals surface area contributed by atoms with E-state index in [9.17, 15) is 14.9 Å². The first kappa shape index (κ1) is 18.8. The number of amides is 1. The second-order valence-electron chi connectivity index (χ2n) is 6.61. The zero-order valence-electron chi connectivity index (χ0n) is 15.3. The number of carbonyl (C=O) groups excluding carboxylic acids is 1. The van der Waals surface area contributed by atoms with Crippen molar-refractivity contribution in [2.24, 2.45) is 0 Å². The summed E-state index contributed by atoms with van der Waals surface area (Å²) in [6.45, 7) is 3.38. The van der Waals surface area contributed by atoms with Crippen LogP contribution in [0.1, 0.15) is 5.56 Å². The molecule has 0 bridgehead atoms. The van der Waals surface area contributed by atoms with E-state index in [1.54, 1.807) is 31.4 Å². The number of pyridine rings is 1. The fourth-order valence-electron chi connectivity index (χ4n) is 3.23. The van der Waals surface area contributed by atoms with Gasteiger partial charge in [-0.15, -0.1) is 0 Å². The first-order chi connectivity index (χ1) is 13.0. The molecule has 8 heteroatoms. The van der Waals surface area contributed by atoms with Crippen LogP contribution in [0.15, 0.2) is 48.7 Å². The summed E-state index contributed by atoms with van der Waals surface area (Å²) < 4.78 is 0. The van der Waals surface area contributed by atoms with Gasteiger partial charge in [0.05, 0.1) is 11.5 Å². The van der Waals surface area contributed by atoms with Crippen LogP contribution in [-0.4, -0.2) is 65.4 Å². The van der Waals surface area contributed by atoms with Gasteiger partial charge in [0.1, 0.15) is 5.82 Å². The van der Waals surface area contributed by atoms with E-state index in [-0.39, 0.29) is 23.1 Å². The molecule has 0 spiro atoms. The van der Waals surface area contributed by atoms with E-state index in [0.29, 0.717) is 25.2 Å². The number of hydrogen-bond donors (Lipinski definition) is 0. The minimum Gasteiger partial charge on any atom is -0.353 e. The van der Waals surface area contributed by atoms with Gasteiger partial charge < -0.3 is 9.80 Å². The van der Waals surface area contributed by atoms with Crippen molar-refractivity contribution in [2.45, 2.75) is 6.54 Å². The number of nitro benzene ring substituents is 1. The van der Waals surface area contributed by atoms with E-state index in [1.165, 1.54) is 6.07 Å². The molecule has 1 amide bonds. The molecule has 0 atom stereocenters. The third-order valence-electron chi connectivity index (χ3n) is 4.64. The molecule has 1 saturated heterocycles. The zero-order valence-corrected chi connectivity index (χ0v) is 15.3. The standard InChI is InChI=1S/C19H23N5O3/c1-21(14-16-6-2-3-7-17(16)24(26)27)15-19(25)23-12-10-22(11-13-23)18-8-4-5-9-20-18/h2-9H,10-15H2,1H3. The van der Waals surface area contributed by atoms with Crippen LogP contribution in [0.4, 0.5) is 11.5 Å². The Labute approximate surface area is 158 Å². The number of hydrogen-bond acceptors (Lipinski definition) is 6. The van der Waals surface area contributed by atoms with Gasteiger partial charge in [0.15, 0.2) is 0 Å². The smallest absolute Gasteiger partial charge is 0.273 e. The Balaban J connectivity index is 1.52. The normalized spacial score (nSPS) is 14.4. The number of benzene rings is 1. The van der Waals surface area contributed by atoms with Crippen LogP contribution in [0, 0.1) is 10.1 Å². The number of rotatable bonds is 6. The maximum Gasteiger partial charge on any atom is 0.273 e. The average molecular weight is 369 g/mol. The quantitative estimate of drug-likeness (QED) is 0.570. The van der Waals surface area contributed by atoms with Gasteiger partial charge >= 0.3 is 0 Å². The molecule has 0 aliphatic carbocycles. The van der Waals surface area contributed by atoms with Crippen LogP contribution in [-0.2, 0) is 11.3 Å². The van der Waals surface area contributed by atoms with Crippen molar-refractivity contribution in [1.82, 2.24) is 14.8 Å². The van der Waals surface area contributed by atoms with Crippen molar-refractivity contribution in [1.29, 1.82) is 0 Å². The number of nitrogens with zero attached hydrogens (tertiary/aromatic N) is 5. The Morgan fingerprint density at radius 2 is 1.85 bits per heavy atom. The third-order valence-corrected chi connectivity index (χ3v) is 4.64. The molecule has 1 aromatic heterocycles. The maximum atomic E-state index is 12.6. The lowest BCUT2D eigenvalue weighted by atomic mass is 10.1. The van der Waals surface area contributed by atoms with Crippen molar-refractivity contribution >= 4 is 17.4 Å². The molecule has 3 rings (SSSR count). The molecule has 1 aromatic carbocycles. The molecular weight excluding hydrogens is 346 g/mol. The van der Waals surface area contributed by atoms with Gasteiger partial charge in [0.2, 0.25) is 5.91 Å². The molecular formula is C19H23N5O3. The highest BCUT2D eigenvalue weighted by Gasteiger charge is 2.23. The number of anilines is 1.